The summed E-state index contributed by atoms with van der Waals surface area (Å²) in [5, 5.41) is 4.12. The first-order valence-electron chi connectivity index (χ1n) is 13.4. The minimum absolute atomic E-state index is 0.0624. The zero-order valence-corrected chi connectivity index (χ0v) is 23.1. The van der Waals surface area contributed by atoms with E-state index in [1.165, 1.54) is 12.1 Å². The minimum Gasteiger partial charge on any atom is -0.378 e. The van der Waals surface area contributed by atoms with Gasteiger partial charge in [-0.15, -0.1) is 0 Å². The maximum absolute atomic E-state index is 13.8. The van der Waals surface area contributed by atoms with Crippen LogP contribution in [0.3, 0.4) is 0 Å². The van der Waals surface area contributed by atoms with Crippen LogP contribution < -0.4 is 16.4 Å². The molecule has 1 aliphatic heterocycles. The van der Waals surface area contributed by atoms with Gasteiger partial charge in [0, 0.05) is 25.6 Å². The molecule has 2 unspecified atom stereocenters. The molecule has 0 aliphatic carbocycles. The molecule has 40 heavy (non-hydrogen) atoms. The van der Waals surface area contributed by atoms with Crippen molar-refractivity contribution in [2.24, 2.45) is 5.73 Å². The van der Waals surface area contributed by atoms with E-state index < -0.39 is 39.2 Å². The molecule has 3 aromatic carbocycles. The molecule has 1 aliphatic rings. The topological polar surface area (TPSA) is 131 Å². The van der Waals surface area contributed by atoms with E-state index in [0.717, 1.165) is 11.1 Å². The number of morpholine rings is 1. The summed E-state index contributed by atoms with van der Waals surface area (Å²) in [4.78, 5) is 28.4. The molecule has 4 rings (SSSR count). The van der Waals surface area contributed by atoms with Gasteiger partial charge in [0.1, 0.15) is 6.04 Å². The number of benzene rings is 3. The average Bonchev–Trinajstić information content (AvgIpc) is 3.00. The number of nitrogens with zero attached hydrogens (tertiary/aromatic N) is 1. The monoisotopic (exact) mass is 564 g/mol. The van der Waals surface area contributed by atoms with E-state index in [-0.39, 0.29) is 11.3 Å². The molecule has 9 nitrogen and oxygen atoms in total. The highest BCUT2D eigenvalue weighted by Crippen LogP contribution is 2.19. The van der Waals surface area contributed by atoms with E-state index in [1.807, 2.05) is 60.7 Å². The lowest BCUT2D eigenvalue weighted by molar-refractivity contribution is -0.123. The molecule has 3 aromatic rings. The van der Waals surface area contributed by atoms with Crippen LogP contribution in [-0.4, -0.2) is 69.0 Å². The molecule has 10 heteroatoms. The van der Waals surface area contributed by atoms with Crippen molar-refractivity contribution < 1.29 is 22.7 Å². The van der Waals surface area contributed by atoms with Crippen LogP contribution in [0.1, 0.15) is 17.5 Å². The van der Waals surface area contributed by atoms with Gasteiger partial charge in [-0.1, -0.05) is 78.9 Å². The van der Waals surface area contributed by atoms with Gasteiger partial charge in [-0.2, -0.15) is 0 Å². The Morgan fingerprint density at radius 1 is 0.825 bits per heavy atom. The summed E-state index contributed by atoms with van der Waals surface area (Å²) in [5.74, 6) is -0.620. The zero-order valence-electron chi connectivity index (χ0n) is 22.3. The number of hydrogen-bond acceptors (Lipinski definition) is 6. The number of urea groups is 1. The number of nitrogens with one attached hydrogen (secondary N) is 2. The van der Waals surface area contributed by atoms with Crippen molar-refractivity contribution in [1.82, 2.24) is 15.5 Å². The van der Waals surface area contributed by atoms with Crippen LogP contribution in [-0.2, 0) is 32.2 Å². The van der Waals surface area contributed by atoms with Crippen molar-refractivity contribution in [2.45, 2.75) is 41.6 Å². The normalized spacial score (nSPS) is 16.0. The van der Waals surface area contributed by atoms with Crippen LogP contribution in [0.25, 0.3) is 0 Å². The Labute approximate surface area is 235 Å². The molecule has 0 aromatic heterocycles. The standard InChI is InChI=1S/C30H36N4O5S/c31-26(17-16-23-10-4-1-5-11-23)29(40(37,38)25-14-8-3-9-15-25)33-28(35)27(22-24-12-6-2-7-13-24)32-30(36)34-18-20-39-21-19-34/h1-15,26-27,29H,16-22,31H2,(H,32,36)(H,33,35)/t26?,27-,29?/m0/s1. The second kappa shape index (κ2) is 14.1. The van der Waals surface area contributed by atoms with Crippen molar-refractivity contribution >= 4 is 21.8 Å². The van der Waals surface area contributed by atoms with Crippen molar-refractivity contribution in [1.29, 1.82) is 0 Å². The highest BCUT2D eigenvalue weighted by atomic mass is 32.2. The fraction of sp³-hybridized carbons (Fsp3) is 0.333. The quantitative estimate of drug-likeness (QED) is 0.328. The number of rotatable bonds is 11. The SMILES string of the molecule is NC(CCc1ccccc1)C(NC(=O)[C@H](Cc1ccccc1)NC(=O)N1CCOCC1)S(=O)(=O)c1ccccc1. The van der Waals surface area contributed by atoms with Gasteiger partial charge < -0.3 is 26.0 Å². The summed E-state index contributed by atoms with van der Waals surface area (Å²) in [7, 11) is -4.05. The fourth-order valence-electron chi connectivity index (χ4n) is 4.61. The molecule has 0 spiro atoms. The van der Waals surface area contributed by atoms with Crippen molar-refractivity contribution in [2.75, 3.05) is 26.3 Å². The molecule has 3 atom stereocenters. The van der Waals surface area contributed by atoms with E-state index in [9.17, 15) is 18.0 Å². The first kappa shape index (κ1) is 29.3. The van der Waals surface area contributed by atoms with Crippen LogP contribution >= 0.6 is 0 Å². The summed E-state index contributed by atoms with van der Waals surface area (Å²) in [6, 6.07) is 24.5. The van der Waals surface area contributed by atoms with Crippen molar-refractivity contribution in [3.8, 4) is 0 Å². The van der Waals surface area contributed by atoms with E-state index in [1.54, 1.807) is 23.1 Å². The summed E-state index contributed by atoms with van der Waals surface area (Å²) < 4.78 is 32.9. The number of nitrogens with two attached hydrogens (primary N) is 1. The maximum Gasteiger partial charge on any atom is 0.318 e. The molecule has 0 saturated carbocycles. The van der Waals surface area contributed by atoms with Crippen molar-refractivity contribution in [3.63, 3.8) is 0 Å². The highest BCUT2D eigenvalue weighted by Gasteiger charge is 2.36. The smallest absolute Gasteiger partial charge is 0.318 e. The Balaban J connectivity index is 1.58. The Kier molecular flexibility index (Phi) is 10.3. The third kappa shape index (κ3) is 7.91. The fourth-order valence-corrected chi connectivity index (χ4v) is 6.30. The van der Waals surface area contributed by atoms with Gasteiger partial charge >= 0.3 is 6.03 Å². The van der Waals surface area contributed by atoms with Crippen LogP contribution in [0.2, 0.25) is 0 Å². The molecule has 4 N–H and O–H groups in total. The molecule has 1 fully saturated rings. The molecular weight excluding hydrogens is 528 g/mol. The summed E-state index contributed by atoms with van der Waals surface area (Å²) in [5.41, 5.74) is 8.34. The van der Waals surface area contributed by atoms with Gasteiger partial charge in [-0.25, -0.2) is 13.2 Å². The Hall–Kier alpha value is -3.73. The Morgan fingerprint density at radius 3 is 1.98 bits per heavy atom. The minimum atomic E-state index is -4.05. The van der Waals surface area contributed by atoms with Crippen LogP contribution in [0.4, 0.5) is 4.79 Å². The third-order valence-corrected chi connectivity index (χ3v) is 8.95. The molecule has 212 valence electrons. The zero-order chi connectivity index (χ0) is 28.4. The molecular formula is C30H36N4O5S. The molecule has 1 heterocycles. The number of amides is 3. The van der Waals surface area contributed by atoms with Gasteiger partial charge in [0.2, 0.25) is 15.7 Å². The average molecular weight is 565 g/mol. The summed E-state index contributed by atoms with van der Waals surface area (Å²) in [6.07, 6.45) is 1.05. The van der Waals surface area contributed by atoms with Gasteiger partial charge in [-0.3, -0.25) is 4.79 Å². The lowest BCUT2D eigenvalue weighted by atomic mass is 10.0. The lowest BCUT2D eigenvalue weighted by Gasteiger charge is -2.31. The number of aryl methyl sites for hydroxylation is 1. The van der Waals surface area contributed by atoms with E-state index in [4.69, 9.17) is 10.5 Å². The number of carbonyl (C=O) groups excluding carboxylic acids is 2. The molecule has 3 amide bonds. The van der Waals surface area contributed by atoms with Crippen LogP contribution in [0.5, 0.6) is 0 Å². The van der Waals surface area contributed by atoms with E-state index >= 15 is 0 Å². The first-order valence-corrected chi connectivity index (χ1v) is 14.9. The van der Waals surface area contributed by atoms with E-state index in [2.05, 4.69) is 10.6 Å². The lowest BCUT2D eigenvalue weighted by Crippen LogP contribution is -2.59. The van der Waals surface area contributed by atoms with Gasteiger partial charge in [0.05, 0.1) is 18.1 Å². The Morgan fingerprint density at radius 2 is 1.38 bits per heavy atom. The second-order valence-corrected chi connectivity index (χ2v) is 11.8. The largest absolute Gasteiger partial charge is 0.378 e. The molecule has 0 bridgehead atoms. The molecule has 1 saturated heterocycles. The highest BCUT2D eigenvalue weighted by molar-refractivity contribution is 7.92. The third-order valence-electron chi connectivity index (χ3n) is 6.88. The number of carbonyl (C=O) groups is 2. The van der Waals surface area contributed by atoms with Gasteiger partial charge in [0.15, 0.2) is 5.37 Å². The summed E-state index contributed by atoms with van der Waals surface area (Å²) >= 11 is 0. The number of sulfone groups is 1. The van der Waals surface area contributed by atoms with Crippen molar-refractivity contribution in [3.05, 3.63) is 102 Å². The van der Waals surface area contributed by atoms with Gasteiger partial charge in [-0.05, 0) is 36.1 Å². The number of ether oxygens (including phenoxy) is 1. The first-order chi connectivity index (χ1) is 19.3. The van der Waals surface area contributed by atoms with Crippen LogP contribution in [0.15, 0.2) is 95.9 Å². The maximum atomic E-state index is 13.8. The second-order valence-electron chi connectivity index (χ2n) is 9.77. The molecule has 0 radical (unpaired) electrons. The Bertz CT molecular complexity index is 1330. The van der Waals surface area contributed by atoms with E-state index in [0.29, 0.717) is 39.1 Å². The number of hydrogen-bond donors (Lipinski definition) is 3. The van der Waals surface area contributed by atoms with Gasteiger partial charge in [0.25, 0.3) is 0 Å². The predicted molar refractivity (Wildman–Crippen MR) is 153 cm³/mol. The summed E-state index contributed by atoms with van der Waals surface area (Å²) in [6.45, 7) is 1.63. The van der Waals surface area contributed by atoms with Crippen LogP contribution in [0, 0.1) is 0 Å². The predicted octanol–water partition coefficient (Wildman–Crippen LogP) is 2.52.